The smallest absolute Gasteiger partial charge is 0.328 e. The van der Waals surface area contributed by atoms with Crippen LogP contribution in [-0.4, -0.2) is 47.4 Å². The lowest BCUT2D eigenvalue weighted by Crippen LogP contribution is -2.36. The number of likely N-dealkylation sites (N-methyl/N-ethyl adjacent to an activating group) is 1. The highest BCUT2D eigenvalue weighted by Crippen LogP contribution is 2.30. The maximum Gasteiger partial charge on any atom is 0.328 e. The van der Waals surface area contributed by atoms with Gasteiger partial charge in [0, 0.05) is 20.4 Å². The lowest BCUT2D eigenvalue weighted by Gasteiger charge is -2.25. The largest absolute Gasteiger partial charge is 0.374 e. The summed E-state index contributed by atoms with van der Waals surface area (Å²) in [4.78, 5) is 19.2. The molecule has 2 unspecified atom stereocenters. The lowest BCUT2D eigenvalue weighted by molar-refractivity contribution is 0.0191. The summed E-state index contributed by atoms with van der Waals surface area (Å²) in [6.45, 7) is 5.66. The first-order chi connectivity index (χ1) is 9.29. The molecule has 2 rings (SSSR count). The van der Waals surface area contributed by atoms with Gasteiger partial charge in [-0.05, 0) is 38.5 Å². The summed E-state index contributed by atoms with van der Waals surface area (Å²) in [5, 5.41) is 10.2. The average Bonchev–Trinajstić information content (AvgIpc) is 2.63. The van der Waals surface area contributed by atoms with Crippen molar-refractivity contribution in [2.75, 3.05) is 19.1 Å². The zero-order valence-corrected chi connectivity index (χ0v) is 12.5. The van der Waals surface area contributed by atoms with Gasteiger partial charge in [-0.25, -0.2) is 14.7 Å². The van der Waals surface area contributed by atoms with Crippen LogP contribution in [0.3, 0.4) is 0 Å². The number of hydrogen-bond donors (Lipinski definition) is 1. The monoisotopic (exact) mass is 279 g/mol. The summed E-state index contributed by atoms with van der Waals surface area (Å²) in [6, 6.07) is 3.08. The predicted octanol–water partition coefficient (Wildman–Crippen LogP) is 1.54. The second kappa shape index (κ2) is 5.03. The number of urea groups is 1. The van der Waals surface area contributed by atoms with E-state index in [2.05, 4.69) is 4.98 Å². The lowest BCUT2D eigenvalue weighted by atomic mass is 9.99. The van der Waals surface area contributed by atoms with Gasteiger partial charge in [-0.3, -0.25) is 0 Å². The van der Waals surface area contributed by atoms with Gasteiger partial charge in [-0.2, -0.15) is 0 Å². The van der Waals surface area contributed by atoms with Crippen molar-refractivity contribution in [1.29, 1.82) is 0 Å². The molecule has 6 heteroatoms. The molecule has 2 heterocycles. The first-order valence-corrected chi connectivity index (χ1v) is 6.55. The SMILES string of the molecule is COC(C)(C)c1ccnc(N2C(=O)N(C)C(C)C2O)c1. The minimum atomic E-state index is -0.902. The van der Waals surface area contributed by atoms with E-state index in [0.717, 1.165) is 5.56 Å². The molecule has 1 fully saturated rings. The number of ether oxygens (including phenoxy) is 1. The zero-order chi connectivity index (χ0) is 15.1. The van der Waals surface area contributed by atoms with Crippen molar-refractivity contribution in [1.82, 2.24) is 9.88 Å². The van der Waals surface area contributed by atoms with E-state index in [9.17, 15) is 9.90 Å². The second-order valence-electron chi connectivity index (χ2n) is 5.53. The molecule has 1 aromatic heterocycles. The van der Waals surface area contributed by atoms with Gasteiger partial charge in [0.2, 0.25) is 0 Å². The summed E-state index contributed by atoms with van der Waals surface area (Å²) in [6.07, 6.45) is 0.718. The average molecular weight is 279 g/mol. The summed E-state index contributed by atoms with van der Waals surface area (Å²) in [5.74, 6) is 0.432. The number of carbonyl (C=O) groups is 1. The fourth-order valence-electron chi connectivity index (χ4n) is 2.15. The Morgan fingerprint density at radius 1 is 1.45 bits per heavy atom. The number of rotatable bonds is 3. The molecule has 0 aliphatic carbocycles. The molecule has 110 valence electrons. The van der Waals surface area contributed by atoms with Crippen molar-refractivity contribution in [3.8, 4) is 0 Å². The van der Waals surface area contributed by atoms with Crippen molar-refractivity contribution < 1.29 is 14.6 Å². The van der Waals surface area contributed by atoms with Crippen molar-refractivity contribution in [2.45, 2.75) is 38.6 Å². The van der Waals surface area contributed by atoms with E-state index >= 15 is 0 Å². The van der Waals surface area contributed by atoms with E-state index in [-0.39, 0.29) is 12.1 Å². The number of anilines is 1. The molecule has 1 aromatic rings. The third kappa shape index (κ3) is 2.25. The number of aliphatic hydroxyl groups excluding tert-OH is 1. The van der Waals surface area contributed by atoms with Crippen molar-refractivity contribution in [3.63, 3.8) is 0 Å². The fraction of sp³-hybridized carbons (Fsp3) is 0.571. The van der Waals surface area contributed by atoms with E-state index in [4.69, 9.17) is 4.74 Å². The number of methoxy groups -OCH3 is 1. The Balaban J connectivity index is 2.40. The van der Waals surface area contributed by atoms with Crippen LogP contribution in [0.5, 0.6) is 0 Å². The maximum absolute atomic E-state index is 12.2. The molecule has 0 spiro atoms. The third-order valence-corrected chi connectivity index (χ3v) is 4.01. The fourth-order valence-corrected chi connectivity index (χ4v) is 2.15. The predicted molar refractivity (Wildman–Crippen MR) is 75.4 cm³/mol. The molecular weight excluding hydrogens is 258 g/mol. The van der Waals surface area contributed by atoms with E-state index in [1.807, 2.05) is 19.9 Å². The number of pyridine rings is 1. The number of nitrogens with zero attached hydrogens (tertiary/aromatic N) is 3. The Labute approximate surface area is 119 Å². The van der Waals surface area contributed by atoms with E-state index in [1.54, 1.807) is 33.3 Å². The van der Waals surface area contributed by atoms with Crippen molar-refractivity contribution >= 4 is 11.8 Å². The Morgan fingerprint density at radius 2 is 2.10 bits per heavy atom. The van der Waals surface area contributed by atoms with Gasteiger partial charge in [0.15, 0.2) is 6.23 Å². The molecule has 1 aliphatic heterocycles. The Kier molecular flexibility index (Phi) is 3.71. The Morgan fingerprint density at radius 3 is 2.60 bits per heavy atom. The number of hydrogen-bond acceptors (Lipinski definition) is 4. The Bertz CT molecular complexity index is 518. The summed E-state index contributed by atoms with van der Waals surface area (Å²) in [7, 11) is 3.30. The van der Waals surface area contributed by atoms with Crippen molar-refractivity contribution in [3.05, 3.63) is 23.9 Å². The van der Waals surface area contributed by atoms with Gasteiger partial charge in [0.05, 0.1) is 11.6 Å². The minimum Gasteiger partial charge on any atom is -0.374 e. The highest BCUT2D eigenvalue weighted by atomic mass is 16.5. The van der Waals surface area contributed by atoms with Crippen LogP contribution in [0.1, 0.15) is 26.3 Å². The molecule has 2 atom stereocenters. The van der Waals surface area contributed by atoms with Crippen LogP contribution < -0.4 is 4.90 Å². The van der Waals surface area contributed by atoms with Crippen LogP contribution in [0.15, 0.2) is 18.3 Å². The van der Waals surface area contributed by atoms with Gasteiger partial charge in [-0.15, -0.1) is 0 Å². The molecule has 1 saturated heterocycles. The molecular formula is C14H21N3O3. The molecule has 20 heavy (non-hydrogen) atoms. The molecule has 6 nitrogen and oxygen atoms in total. The van der Waals surface area contributed by atoms with Crippen LogP contribution in [0, 0.1) is 0 Å². The van der Waals surface area contributed by atoms with E-state index in [1.165, 1.54) is 9.80 Å². The van der Waals surface area contributed by atoms with E-state index in [0.29, 0.717) is 5.82 Å². The van der Waals surface area contributed by atoms with E-state index < -0.39 is 11.8 Å². The van der Waals surface area contributed by atoms with Crippen LogP contribution in [0.4, 0.5) is 10.6 Å². The number of aliphatic hydroxyl groups is 1. The quantitative estimate of drug-likeness (QED) is 0.911. The second-order valence-corrected chi connectivity index (χ2v) is 5.53. The third-order valence-electron chi connectivity index (χ3n) is 4.01. The molecule has 0 aromatic carbocycles. The number of aromatic nitrogens is 1. The van der Waals surface area contributed by atoms with Gasteiger partial charge in [-0.1, -0.05) is 0 Å². The molecule has 1 aliphatic rings. The number of amides is 2. The standard InChI is InChI=1S/C14H21N3O3/c1-9-12(18)17(13(19)16(9)4)11-8-10(6-7-15-11)14(2,3)20-5/h6-9,12,18H,1-5H3. The van der Waals surface area contributed by atoms with Crippen LogP contribution in [0.2, 0.25) is 0 Å². The first-order valence-electron chi connectivity index (χ1n) is 6.55. The van der Waals surface area contributed by atoms with Crippen LogP contribution >= 0.6 is 0 Å². The topological polar surface area (TPSA) is 65.9 Å². The molecule has 0 radical (unpaired) electrons. The molecule has 2 amide bonds. The van der Waals surface area contributed by atoms with Gasteiger partial charge in [0.1, 0.15) is 5.82 Å². The molecule has 0 saturated carbocycles. The normalized spacial score (nSPS) is 23.6. The van der Waals surface area contributed by atoms with Crippen LogP contribution in [0.25, 0.3) is 0 Å². The first kappa shape index (κ1) is 14.7. The summed E-state index contributed by atoms with van der Waals surface area (Å²) >= 11 is 0. The number of carbonyl (C=O) groups excluding carboxylic acids is 1. The maximum atomic E-state index is 12.2. The summed E-state index contributed by atoms with van der Waals surface area (Å²) in [5.41, 5.74) is 0.412. The molecule has 1 N–H and O–H groups in total. The highest BCUT2D eigenvalue weighted by molar-refractivity contribution is 5.94. The molecule has 0 bridgehead atoms. The summed E-state index contributed by atoms with van der Waals surface area (Å²) < 4.78 is 5.43. The van der Waals surface area contributed by atoms with Gasteiger partial charge >= 0.3 is 6.03 Å². The Hall–Kier alpha value is -1.66. The van der Waals surface area contributed by atoms with Gasteiger partial charge in [0.25, 0.3) is 0 Å². The highest BCUT2D eigenvalue weighted by Gasteiger charge is 2.42. The van der Waals surface area contributed by atoms with Crippen LogP contribution in [-0.2, 0) is 10.3 Å². The minimum absolute atomic E-state index is 0.259. The van der Waals surface area contributed by atoms with Gasteiger partial charge < -0.3 is 14.7 Å². The van der Waals surface area contributed by atoms with Crippen molar-refractivity contribution in [2.24, 2.45) is 0 Å². The zero-order valence-electron chi connectivity index (χ0n) is 12.5.